The highest BCUT2D eigenvalue weighted by molar-refractivity contribution is 6.30. The van der Waals surface area contributed by atoms with Crippen LogP contribution in [-0.2, 0) is 0 Å². The largest absolute Gasteiger partial charge is 0.496 e. The number of methoxy groups -OCH3 is 1. The lowest BCUT2D eigenvalue weighted by Gasteiger charge is -2.04. The van der Waals surface area contributed by atoms with Crippen molar-refractivity contribution in [2.45, 2.75) is 0 Å². The summed E-state index contributed by atoms with van der Waals surface area (Å²) in [6, 6.07) is 10.9. The van der Waals surface area contributed by atoms with E-state index in [1.54, 1.807) is 30.3 Å². The SMILES string of the molecule is COc1ccc(Cl)cc1-c1noc(-c2ccc([N+](=O)[O-])cc2)n1. The summed E-state index contributed by atoms with van der Waals surface area (Å²) >= 11 is 5.99. The Balaban J connectivity index is 1.97. The maximum absolute atomic E-state index is 10.7. The van der Waals surface area contributed by atoms with Crippen LogP contribution in [-0.4, -0.2) is 22.2 Å². The maximum atomic E-state index is 10.7. The van der Waals surface area contributed by atoms with Crippen LogP contribution in [0.25, 0.3) is 22.8 Å². The Morgan fingerprint density at radius 3 is 2.61 bits per heavy atom. The lowest BCUT2D eigenvalue weighted by Crippen LogP contribution is -1.89. The molecule has 1 heterocycles. The summed E-state index contributed by atoms with van der Waals surface area (Å²) in [6.45, 7) is 0. The van der Waals surface area contributed by atoms with Crippen LogP contribution in [0.2, 0.25) is 5.02 Å². The third-order valence-electron chi connectivity index (χ3n) is 3.15. The zero-order chi connectivity index (χ0) is 16.4. The van der Waals surface area contributed by atoms with E-state index < -0.39 is 4.92 Å². The number of nitro benzene ring substituents is 1. The van der Waals surface area contributed by atoms with E-state index in [1.807, 2.05) is 0 Å². The van der Waals surface area contributed by atoms with Crippen molar-refractivity contribution < 1.29 is 14.2 Å². The second-order valence-corrected chi connectivity index (χ2v) is 5.01. The Labute approximate surface area is 135 Å². The van der Waals surface area contributed by atoms with E-state index in [1.165, 1.54) is 19.2 Å². The monoisotopic (exact) mass is 331 g/mol. The minimum Gasteiger partial charge on any atom is -0.496 e. The number of benzene rings is 2. The quantitative estimate of drug-likeness (QED) is 0.530. The predicted molar refractivity (Wildman–Crippen MR) is 83.4 cm³/mol. The molecular formula is C15H10ClN3O4. The number of nitrogens with zero attached hydrogens (tertiary/aromatic N) is 3. The third kappa shape index (κ3) is 3.00. The van der Waals surface area contributed by atoms with Gasteiger partial charge in [-0.15, -0.1) is 0 Å². The van der Waals surface area contributed by atoms with Crippen molar-refractivity contribution in [3.8, 4) is 28.6 Å². The number of non-ortho nitro benzene ring substituents is 1. The summed E-state index contributed by atoms with van der Waals surface area (Å²) in [7, 11) is 1.53. The molecule has 0 aliphatic carbocycles. The summed E-state index contributed by atoms with van der Waals surface area (Å²) in [5.74, 6) is 1.13. The lowest BCUT2D eigenvalue weighted by molar-refractivity contribution is -0.384. The van der Waals surface area contributed by atoms with E-state index in [4.69, 9.17) is 20.9 Å². The van der Waals surface area contributed by atoms with E-state index in [0.717, 1.165) is 0 Å². The van der Waals surface area contributed by atoms with Gasteiger partial charge in [0.05, 0.1) is 17.6 Å². The van der Waals surface area contributed by atoms with Gasteiger partial charge in [-0.1, -0.05) is 16.8 Å². The van der Waals surface area contributed by atoms with Crippen molar-refractivity contribution in [2.75, 3.05) is 7.11 Å². The van der Waals surface area contributed by atoms with Gasteiger partial charge in [-0.3, -0.25) is 10.1 Å². The van der Waals surface area contributed by atoms with Gasteiger partial charge < -0.3 is 9.26 Å². The van der Waals surface area contributed by atoms with E-state index in [2.05, 4.69) is 10.1 Å². The molecule has 23 heavy (non-hydrogen) atoms. The smallest absolute Gasteiger partial charge is 0.269 e. The first-order chi connectivity index (χ1) is 11.1. The van der Waals surface area contributed by atoms with Crippen LogP contribution in [0.5, 0.6) is 5.75 Å². The molecule has 0 atom stereocenters. The third-order valence-corrected chi connectivity index (χ3v) is 3.39. The molecule has 0 saturated carbocycles. The average Bonchev–Trinajstić information content (AvgIpc) is 3.04. The van der Waals surface area contributed by atoms with Crippen LogP contribution < -0.4 is 4.74 Å². The van der Waals surface area contributed by atoms with Gasteiger partial charge in [0.2, 0.25) is 5.82 Å². The number of ether oxygens (including phenoxy) is 1. The Kier molecular flexibility index (Phi) is 3.94. The molecule has 0 aliphatic heterocycles. The molecule has 0 unspecified atom stereocenters. The predicted octanol–water partition coefficient (Wildman–Crippen LogP) is 3.97. The van der Waals surface area contributed by atoms with Crippen LogP contribution >= 0.6 is 11.6 Å². The molecule has 3 aromatic rings. The van der Waals surface area contributed by atoms with Crippen molar-refractivity contribution in [1.29, 1.82) is 0 Å². The molecule has 0 N–H and O–H groups in total. The standard InChI is InChI=1S/C15H10ClN3O4/c1-22-13-7-4-10(16)8-12(13)14-17-15(23-18-14)9-2-5-11(6-3-9)19(20)21/h2-8H,1H3. The molecule has 0 bridgehead atoms. The molecule has 7 nitrogen and oxygen atoms in total. The molecule has 0 saturated heterocycles. The molecule has 0 fully saturated rings. The second-order valence-electron chi connectivity index (χ2n) is 4.57. The fourth-order valence-electron chi connectivity index (χ4n) is 2.03. The highest BCUT2D eigenvalue weighted by atomic mass is 35.5. The van der Waals surface area contributed by atoms with E-state index in [9.17, 15) is 10.1 Å². The molecule has 8 heteroatoms. The molecule has 116 valence electrons. The Morgan fingerprint density at radius 1 is 1.22 bits per heavy atom. The van der Waals surface area contributed by atoms with Crippen LogP contribution in [0, 0.1) is 10.1 Å². The van der Waals surface area contributed by atoms with Gasteiger partial charge in [-0.25, -0.2) is 0 Å². The highest BCUT2D eigenvalue weighted by Crippen LogP contribution is 2.32. The number of hydrogen-bond donors (Lipinski definition) is 0. The maximum Gasteiger partial charge on any atom is 0.269 e. The fourth-order valence-corrected chi connectivity index (χ4v) is 2.20. The van der Waals surface area contributed by atoms with Crippen LogP contribution in [0.15, 0.2) is 47.0 Å². The minimum atomic E-state index is -0.472. The number of nitro groups is 1. The molecule has 0 spiro atoms. The van der Waals surface area contributed by atoms with Crippen molar-refractivity contribution in [2.24, 2.45) is 0 Å². The van der Waals surface area contributed by atoms with Gasteiger partial charge in [0.15, 0.2) is 0 Å². The Morgan fingerprint density at radius 2 is 1.96 bits per heavy atom. The van der Waals surface area contributed by atoms with E-state index >= 15 is 0 Å². The Hall–Kier alpha value is -2.93. The van der Waals surface area contributed by atoms with Gasteiger partial charge in [-0.2, -0.15) is 4.98 Å². The number of hydrogen-bond acceptors (Lipinski definition) is 6. The summed E-state index contributed by atoms with van der Waals surface area (Å²) in [6.07, 6.45) is 0. The topological polar surface area (TPSA) is 91.3 Å². The Bertz CT molecular complexity index is 861. The second kappa shape index (κ2) is 6.05. The first kappa shape index (κ1) is 15.0. The lowest BCUT2D eigenvalue weighted by atomic mass is 10.2. The van der Waals surface area contributed by atoms with Gasteiger partial charge in [0, 0.05) is 22.7 Å². The first-order valence-electron chi connectivity index (χ1n) is 6.51. The highest BCUT2D eigenvalue weighted by Gasteiger charge is 2.16. The average molecular weight is 332 g/mol. The van der Waals surface area contributed by atoms with Crippen LogP contribution in [0.3, 0.4) is 0 Å². The fraction of sp³-hybridized carbons (Fsp3) is 0.0667. The summed E-state index contributed by atoms with van der Waals surface area (Å²) in [4.78, 5) is 14.5. The number of halogens is 1. The molecule has 0 aliphatic rings. The van der Waals surface area contributed by atoms with E-state index in [0.29, 0.717) is 27.7 Å². The zero-order valence-corrected chi connectivity index (χ0v) is 12.6. The summed E-state index contributed by atoms with van der Waals surface area (Å²) in [5, 5.41) is 15.1. The van der Waals surface area contributed by atoms with Gasteiger partial charge in [-0.05, 0) is 30.3 Å². The van der Waals surface area contributed by atoms with Gasteiger partial charge in [0.25, 0.3) is 11.6 Å². The minimum absolute atomic E-state index is 0.00926. The van der Waals surface area contributed by atoms with Gasteiger partial charge >= 0.3 is 0 Å². The van der Waals surface area contributed by atoms with Crippen molar-refractivity contribution in [3.05, 3.63) is 57.6 Å². The molecule has 0 amide bonds. The molecule has 2 aromatic carbocycles. The number of aromatic nitrogens is 2. The summed E-state index contributed by atoms with van der Waals surface area (Å²) in [5.41, 5.74) is 1.16. The summed E-state index contributed by atoms with van der Waals surface area (Å²) < 4.78 is 10.5. The van der Waals surface area contributed by atoms with Crippen molar-refractivity contribution in [3.63, 3.8) is 0 Å². The zero-order valence-electron chi connectivity index (χ0n) is 11.9. The van der Waals surface area contributed by atoms with Crippen LogP contribution in [0.1, 0.15) is 0 Å². The van der Waals surface area contributed by atoms with Crippen molar-refractivity contribution >= 4 is 17.3 Å². The van der Waals surface area contributed by atoms with Gasteiger partial charge in [0.1, 0.15) is 5.75 Å². The molecule has 1 aromatic heterocycles. The first-order valence-corrected chi connectivity index (χ1v) is 6.88. The van der Waals surface area contributed by atoms with Crippen LogP contribution in [0.4, 0.5) is 5.69 Å². The molecule has 3 rings (SSSR count). The molecular weight excluding hydrogens is 322 g/mol. The normalized spacial score (nSPS) is 10.5. The number of rotatable bonds is 4. The van der Waals surface area contributed by atoms with E-state index in [-0.39, 0.29) is 11.6 Å². The molecule has 0 radical (unpaired) electrons. The van der Waals surface area contributed by atoms with Crippen molar-refractivity contribution in [1.82, 2.24) is 10.1 Å².